The number of rotatable bonds is 5. The minimum Gasteiger partial charge on any atom is -0.492 e. The number of methoxy groups -OCH3 is 1. The quantitative estimate of drug-likeness (QED) is 0.795. The van der Waals surface area contributed by atoms with Crippen LogP contribution >= 0.6 is 15.9 Å². The van der Waals surface area contributed by atoms with Crippen LogP contribution in [-0.2, 0) is 6.54 Å². The van der Waals surface area contributed by atoms with Gasteiger partial charge in [0, 0.05) is 12.6 Å². The zero-order valence-electron chi connectivity index (χ0n) is 11.6. The van der Waals surface area contributed by atoms with E-state index in [-0.39, 0.29) is 11.6 Å². The summed E-state index contributed by atoms with van der Waals surface area (Å²) < 4.78 is 19.6. The molecule has 0 amide bonds. The van der Waals surface area contributed by atoms with E-state index in [0.717, 1.165) is 18.7 Å². The van der Waals surface area contributed by atoms with E-state index in [1.807, 2.05) is 6.07 Å². The number of benzene rings is 1. The van der Waals surface area contributed by atoms with Gasteiger partial charge in [0.2, 0.25) is 0 Å². The molecule has 1 fully saturated rings. The molecule has 1 heterocycles. The van der Waals surface area contributed by atoms with Crippen molar-refractivity contribution in [2.45, 2.75) is 45.2 Å². The van der Waals surface area contributed by atoms with Crippen LogP contribution in [-0.4, -0.2) is 24.6 Å². The van der Waals surface area contributed by atoms with Crippen LogP contribution in [0.25, 0.3) is 0 Å². The fourth-order valence-electron chi connectivity index (χ4n) is 2.90. The maximum absolute atomic E-state index is 13.9. The molecule has 0 saturated carbocycles. The van der Waals surface area contributed by atoms with Crippen LogP contribution in [0.15, 0.2) is 16.6 Å². The first-order valence-corrected chi connectivity index (χ1v) is 7.71. The summed E-state index contributed by atoms with van der Waals surface area (Å²) >= 11 is 3.37. The second kappa shape index (κ2) is 6.71. The molecule has 0 bridgehead atoms. The second-order valence-corrected chi connectivity index (χ2v) is 6.00. The average molecular weight is 330 g/mol. The minimum absolute atomic E-state index is 0.287. The van der Waals surface area contributed by atoms with Crippen molar-refractivity contribution in [1.82, 2.24) is 4.90 Å². The fraction of sp³-hybridized carbons (Fsp3) is 0.600. The SMILES string of the molecule is CCCC1CCCN1Cc1cc(F)c(OC)c(Br)c1. The minimum atomic E-state index is -0.293. The largest absolute Gasteiger partial charge is 0.492 e. The van der Waals surface area contributed by atoms with Gasteiger partial charge < -0.3 is 4.74 Å². The molecule has 0 spiro atoms. The Hall–Kier alpha value is -0.610. The Labute approximate surface area is 123 Å². The van der Waals surface area contributed by atoms with Gasteiger partial charge in [0.25, 0.3) is 0 Å². The summed E-state index contributed by atoms with van der Waals surface area (Å²) in [6.45, 7) is 4.17. The maximum atomic E-state index is 13.9. The van der Waals surface area contributed by atoms with Gasteiger partial charge in [-0.2, -0.15) is 0 Å². The van der Waals surface area contributed by atoms with Crippen LogP contribution in [0.1, 0.15) is 38.2 Å². The molecule has 19 heavy (non-hydrogen) atoms. The Balaban J connectivity index is 2.11. The zero-order chi connectivity index (χ0) is 13.8. The van der Waals surface area contributed by atoms with Gasteiger partial charge in [0.05, 0.1) is 11.6 Å². The highest BCUT2D eigenvalue weighted by Crippen LogP contribution is 2.31. The van der Waals surface area contributed by atoms with E-state index in [9.17, 15) is 4.39 Å². The molecule has 2 nitrogen and oxygen atoms in total. The van der Waals surface area contributed by atoms with E-state index in [4.69, 9.17) is 4.74 Å². The standard InChI is InChI=1S/C15H21BrFNO/c1-3-5-12-6-4-7-18(12)10-11-8-13(16)15(19-2)14(17)9-11/h8-9,12H,3-7,10H2,1-2H3. The third-order valence-electron chi connectivity index (χ3n) is 3.77. The normalized spacial score (nSPS) is 19.9. The number of likely N-dealkylation sites (tertiary alicyclic amines) is 1. The molecule has 0 aliphatic carbocycles. The molecule has 1 saturated heterocycles. The van der Waals surface area contributed by atoms with Crippen LogP contribution in [0.2, 0.25) is 0 Å². The predicted molar refractivity (Wildman–Crippen MR) is 79.0 cm³/mol. The summed E-state index contributed by atoms with van der Waals surface area (Å²) in [6, 6.07) is 4.21. The monoisotopic (exact) mass is 329 g/mol. The third kappa shape index (κ3) is 3.48. The lowest BCUT2D eigenvalue weighted by atomic mass is 10.1. The second-order valence-electron chi connectivity index (χ2n) is 5.15. The lowest BCUT2D eigenvalue weighted by Gasteiger charge is -2.24. The Morgan fingerprint density at radius 2 is 2.26 bits per heavy atom. The van der Waals surface area contributed by atoms with Crippen molar-refractivity contribution in [2.24, 2.45) is 0 Å². The van der Waals surface area contributed by atoms with Gasteiger partial charge in [0.15, 0.2) is 11.6 Å². The molecule has 0 N–H and O–H groups in total. The number of hydrogen-bond acceptors (Lipinski definition) is 2. The molecule has 2 rings (SSSR count). The van der Waals surface area contributed by atoms with Gasteiger partial charge in [-0.3, -0.25) is 4.90 Å². The highest BCUT2D eigenvalue weighted by atomic mass is 79.9. The molecule has 1 aliphatic heterocycles. The zero-order valence-corrected chi connectivity index (χ0v) is 13.2. The molecule has 4 heteroatoms. The first-order chi connectivity index (χ1) is 9.15. The molecule has 1 atom stereocenters. The van der Waals surface area contributed by atoms with Crippen LogP contribution in [0.5, 0.6) is 5.75 Å². The van der Waals surface area contributed by atoms with Crippen molar-refractivity contribution in [2.75, 3.05) is 13.7 Å². The van der Waals surface area contributed by atoms with E-state index in [1.165, 1.54) is 32.8 Å². The van der Waals surface area contributed by atoms with E-state index in [0.29, 0.717) is 10.5 Å². The molecule has 0 aromatic heterocycles. The number of ether oxygens (including phenoxy) is 1. The first kappa shape index (κ1) is 14.8. The van der Waals surface area contributed by atoms with Gasteiger partial charge in [-0.05, 0) is 59.4 Å². The van der Waals surface area contributed by atoms with Crippen molar-refractivity contribution in [1.29, 1.82) is 0 Å². The van der Waals surface area contributed by atoms with E-state index in [2.05, 4.69) is 27.8 Å². The lowest BCUT2D eigenvalue weighted by molar-refractivity contribution is 0.233. The molecule has 1 aromatic rings. The van der Waals surface area contributed by atoms with Gasteiger partial charge in [-0.1, -0.05) is 13.3 Å². The maximum Gasteiger partial charge on any atom is 0.168 e. The highest BCUT2D eigenvalue weighted by molar-refractivity contribution is 9.10. The van der Waals surface area contributed by atoms with E-state index in [1.54, 1.807) is 6.07 Å². The Bertz CT molecular complexity index is 415. The summed E-state index contributed by atoms with van der Waals surface area (Å²) in [7, 11) is 1.49. The van der Waals surface area contributed by atoms with Gasteiger partial charge >= 0.3 is 0 Å². The van der Waals surface area contributed by atoms with Crippen LogP contribution in [0.3, 0.4) is 0 Å². The van der Waals surface area contributed by atoms with Crippen LogP contribution in [0, 0.1) is 5.82 Å². The number of halogens is 2. The van der Waals surface area contributed by atoms with E-state index < -0.39 is 0 Å². The first-order valence-electron chi connectivity index (χ1n) is 6.91. The highest BCUT2D eigenvalue weighted by Gasteiger charge is 2.24. The summed E-state index contributed by atoms with van der Waals surface area (Å²) in [4.78, 5) is 2.47. The van der Waals surface area contributed by atoms with Crippen molar-refractivity contribution < 1.29 is 9.13 Å². The van der Waals surface area contributed by atoms with Crippen molar-refractivity contribution in [3.05, 3.63) is 28.0 Å². The number of hydrogen-bond donors (Lipinski definition) is 0. The van der Waals surface area contributed by atoms with Crippen molar-refractivity contribution in [3.63, 3.8) is 0 Å². The molecule has 1 aromatic carbocycles. The fourth-order valence-corrected chi connectivity index (χ4v) is 3.54. The molecule has 106 valence electrons. The van der Waals surface area contributed by atoms with E-state index >= 15 is 0 Å². The Morgan fingerprint density at radius 3 is 2.89 bits per heavy atom. The molecule has 1 unspecified atom stereocenters. The van der Waals surface area contributed by atoms with Crippen LogP contribution < -0.4 is 4.74 Å². The van der Waals surface area contributed by atoms with Gasteiger partial charge in [0.1, 0.15) is 0 Å². The smallest absolute Gasteiger partial charge is 0.168 e. The van der Waals surface area contributed by atoms with Gasteiger partial charge in [-0.15, -0.1) is 0 Å². The van der Waals surface area contributed by atoms with Crippen LogP contribution in [0.4, 0.5) is 4.39 Å². The van der Waals surface area contributed by atoms with Crippen molar-refractivity contribution >= 4 is 15.9 Å². The topological polar surface area (TPSA) is 12.5 Å². The Kier molecular flexibility index (Phi) is 5.22. The van der Waals surface area contributed by atoms with Crippen molar-refractivity contribution in [3.8, 4) is 5.75 Å². The third-order valence-corrected chi connectivity index (χ3v) is 4.36. The average Bonchev–Trinajstić information content (AvgIpc) is 2.77. The lowest BCUT2D eigenvalue weighted by Crippen LogP contribution is -2.28. The summed E-state index contributed by atoms with van der Waals surface area (Å²) in [5.74, 6) is -0.00612. The summed E-state index contributed by atoms with van der Waals surface area (Å²) in [6.07, 6.45) is 4.97. The Morgan fingerprint density at radius 1 is 1.47 bits per heavy atom. The molecule has 1 aliphatic rings. The summed E-state index contributed by atoms with van der Waals surface area (Å²) in [5, 5.41) is 0. The predicted octanol–water partition coefficient (Wildman–Crippen LogP) is 4.36. The molecular weight excluding hydrogens is 309 g/mol. The summed E-state index contributed by atoms with van der Waals surface area (Å²) in [5.41, 5.74) is 1.01. The van der Waals surface area contributed by atoms with Gasteiger partial charge in [-0.25, -0.2) is 4.39 Å². The molecule has 0 radical (unpaired) electrons. The number of nitrogens with zero attached hydrogens (tertiary/aromatic N) is 1. The molecular formula is C15H21BrFNO.